The minimum absolute atomic E-state index is 0. The largest absolute Gasteiger partial charge is 0.352 e. The summed E-state index contributed by atoms with van der Waals surface area (Å²) in [5.41, 5.74) is 0.812. The van der Waals surface area contributed by atoms with Crippen LogP contribution in [-0.2, 0) is 0 Å². The SMILES string of the molecule is Cl.O=C(NCCC1CCCNC1)c1csc2ccccc12. The number of nitrogens with one attached hydrogen (secondary N) is 2. The van der Waals surface area contributed by atoms with E-state index in [1.54, 1.807) is 11.3 Å². The monoisotopic (exact) mass is 324 g/mol. The quantitative estimate of drug-likeness (QED) is 0.904. The van der Waals surface area contributed by atoms with Crippen molar-refractivity contribution in [3.05, 3.63) is 35.2 Å². The molecule has 0 aliphatic carbocycles. The standard InChI is InChI=1S/C16H20N2OS.ClH/c19-16(18-9-7-12-4-3-8-17-10-12)14-11-20-15-6-2-1-5-13(14)15;/h1-2,5-6,11-12,17H,3-4,7-10H2,(H,18,19);1H. The number of piperidine rings is 1. The zero-order valence-electron chi connectivity index (χ0n) is 11.9. The molecule has 0 saturated carbocycles. The molecule has 1 fully saturated rings. The predicted octanol–water partition coefficient (Wildman–Crippen LogP) is 3.44. The highest BCUT2D eigenvalue weighted by molar-refractivity contribution is 7.17. The number of hydrogen-bond donors (Lipinski definition) is 2. The summed E-state index contributed by atoms with van der Waals surface area (Å²) in [6.45, 7) is 3.01. The first-order valence-corrected chi connectivity index (χ1v) is 8.18. The molecule has 1 amide bonds. The molecule has 21 heavy (non-hydrogen) atoms. The van der Waals surface area contributed by atoms with E-state index in [0.717, 1.165) is 37.0 Å². The molecule has 1 aromatic carbocycles. The lowest BCUT2D eigenvalue weighted by Crippen LogP contribution is -2.33. The second kappa shape index (κ2) is 7.78. The van der Waals surface area contributed by atoms with Crippen molar-refractivity contribution in [3.8, 4) is 0 Å². The summed E-state index contributed by atoms with van der Waals surface area (Å²) in [4.78, 5) is 12.2. The van der Waals surface area contributed by atoms with Crippen molar-refractivity contribution in [3.63, 3.8) is 0 Å². The number of amides is 1. The summed E-state index contributed by atoms with van der Waals surface area (Å²) in [6.07, 6.45) is 3.61. The van der Waals surface area contributed by atoms with Gasteiger partial charge in [-0.05, 0) is 44.3 Å². The average molecular weight is 325 g/mol. The highest BCUT2D eigenvalue weighted by Gasteiger charge is 2.14. The van der Waals surface area contributed by atoms with Crippen LogP contribution in [0.2, 0.25) is 0 Å². The van der Waals surface area contributed by atoms with Crippen LogP contribution in [0.15, 0.2) is 29.6 Å². The molecule has 1 aliphatic heterocycles. The first kappa shape index (κ1) is 16.3. The van der Waals surface area contributed by atoms with Gasteiger partial charge in [0.15, 0.2) is 0 Å². The molecular weight excluding hydrogens is 304 g/mol. The van der Waals surface area contributed by atoms with Crippen molar-refractivity contribution in [2.75, 3.05) is 19.6 Å². The van der Waals surface area contributed by atoms with Crippen LogP contribution < -0.4 is 10.6 Å². The highest BCUT2D eigenvalue weighted by Crippen LogP contribution is 2.25. The van der Waals surface area contributed by atoms with E-state index in [4.69, 9.17) is 0 Å². The van der Waals surface area contributed by atoms with Gasteiger partial charge in [-0.15, -0.1) is 23.7 Å². The molecule has 3 nitrogen and oxygen atoms in total. The lowest BCUT2D eigenvalue weighted by Gasteiger charge is -2.22. The molecule has 2 aromatic rings. The Labute approximate surface area is 135 Å². The van der Waals surface area contributed by atoms with E-state index in [1.807, 2.05) is 23.6 Å². The maximum Gasteiger partial charge on any atom is 0.252 e. The van der Waals surface area contributed by atoms with Gasteiger partial charge >= 0.3 is 0 Å². The van der Waals surface area contributed by atoms with Crippen molar-refractivity contribution in [1.29, 1.82) is 0 Å². The summed E-state index contributed by atoms with van der Waals surface area (Å²) in [5, 5.41) is 9.50. The van der Waals surface area contributed by atoms with Gasteiger partial charge in [0.05, 0.1) is 5.56 Å². The molecule has 1 aliphatic rings. The second-order valence-corrected chi connectivity index (χ2v) is 6.31. The Morgan fingerprint density at radius 1 is 1.38 bits per heavy atom. The Kier molecular flexibility index (Phi) is 6.03. The van der Waals surface area contributed by atoms with Crippen molar-refractivity contribution in [1.82, 2.24) is 10.6 Å². The molecule has 2 N–H and O–H groups in total. The molecule has 1 saturated heterocycles. The van der Waals surface area contributed by atoms with Crippen LogP contribution in [0.3, 0.4) is 0 Å². The fourth-order valence-corrected chi connectivity index (χ4v) is 3.75. The number of carbonyl (C=O) groups excluding carboxylic acids is 1. The molecule has 0 spiro atoms. The number of benzene rings is 1. The van der Waals surface area contributed by atoms with Gasteiger partial charge in [0, 0.05) is 22.0 Å². The number of fused-ring (bicyclic) bond motifs is 1. The zero-order chi connectivity index (χ0) is 13.8. The smallest absolute Gasteiger partial charge is 0.252 e. The zero-order valence-corrected chi connectivity index (χ0v) is 13.6. The molecule has 0 bridgehead atoms. The normalized spacial score (nSPS) is 18.2. The number of rotatable bonds is 4. The van der Waals surface area contributed by atoms with Gasteiger partial charge in [-0.1, -0.05) is 18.2 Å². The predicted molar refractivity (Wildman–Crippen MR) is 91.6 cm³/mol. The van der Waals surface area contributed by atoms with E-state index in [2.05, 4.69) is 16.7 Å². The molecule has 1 atom stereocenters. The van der Waals surface area contributed by atoms with Crippen LogP contribution in [0.5, 0.6) is 0 Å². The summed E-state index contributed by atoms with van der Waals surface area (Å²) in [7, 11) is 0. The van der Waals surface area contributed by atoms with Gasteiger partial charge in [-0.3, -0.25) is 4.79 Å². The Hall–Kier alpha value is -1.10. The Morgan fingerprint density at radius 2 is 2.24 bits per heavy atom. The van der Waals surface area contributed by atoms with Gasteiger partial charge in [0.2, 0.25) is 0 Å². The number of carbonyl (C=O) groups is 1. The fourth-order valence-electron chi connectivity index (χ4n) is 2.81. The van der Waals surface area contributed by atoms with E-state index in [1.165, 1.54) is 17.5 Å². The van der Waals surface area contributed by atoms with Gasteiger partial charge in [-0.25, -0.2) is 0 Å². The number of halogens is 1. The highest BCUT2D eigenvalue weighted by atomic mass is 35.5. The topological polar surface area (TPSA) is 41.1 Å². The Morgan fingerprint density at radius 3 is 3.05 bits per heavy atom. The van der Waals surface area contributed by atoms with Crippen molar-refractivity contribution in [2.45, 2.75) is 19.3 Å². The van der Waals surface area contributed by atoms with Crippen LogP contribution in [-0.4, -0.2) is 25.5 Å². The van der Waals surface area contributed by atoms with Crippen LogP contribution >= 0.6 is 23.7 Å². The lowest BCUT2D eigenvalue weighted by molar-refractivity contribution is 0.0952. The third-order valence-corrected chi connectivity index (χ3v) is 4.93. The van der Waals surface area contributed by atoms with Crippen LogP contribution in [0.4, 0.5) is 0 Å². The first-order chi connectivity index (χ1) is 9.84. The van der Waals surface area contributed by atoms with E-state index >= 15 is 0 Å². The minimum Gasteiger partial charge on any atom is -0.352 e. The summed E-state index contributed by atoms with van der Waals surface area (Å²) in [6, 6.07) is 8.08. The maximum absolute atomic E-state index is 12.2. The molecular formula is C16H21ClN2OS. The number of thiophene rings is 1. The van der Waals surface area contributed by atoms with Crippen LogP contribution in [0, 0.1) is 5.92 Å². The number of hydrogen-bond acceptors (Lipinski definition) is 3. The van der Waals surface area contributed by atoms with Gasteiger partial charge < -0.3 is 10.6 Å². The third-order valence-electron chi connectivity index (χ3n) is 3.96. The fraction of sp³-hybridized carbons (Fsp3) is 0.438. The first-order valence-electron chi connectivity index (χ1n) is 7.30. The molecule has 114 valence electrons. The minimum atomic E-state index is 0. The maximum atomic E-state index is 12.2. The summed E-state index contributed by atoms with van der Waals surface area (Å²) in [5.74, 6) is 0.773. The summed E-state index contributed by atoms with van der Waals surface area (Å²) >= 11 is 1.63. The summed E-state index contributed by atoms with van der Waals surface area (Å²) < 4.78 is 1.18. The van der Waals surface area contributed by atoms with E-state index in [0.29, 0.717) is 5.92 Å². The third kappa shape index (κ3) is 3.96. The van der Waals surface area contributed by atoms with E-state index in [-0.39, 0.29) is 18.3 Å². The Bertz CT molecular complexity index is 593. The average Bonchev–Trinajstić information content (AvgIpc) is 2.92. The van der Waals surface area contributed by atoms with Crippen molar-refractivity contribution < 1.29 is 4.79 Å². The van der Waals surface area contributed by atoms with Crippen LogP contribution in [0.25, 0.3) is 10.1 Å². The second-order valence-electron chi connectivity index (χ2n) is 5.40. The lowest BCUT2D eigenvalue weighted by atomic mass is 9.96. The molecule has 1 unspecified atom stereocenters. The van der Waals surface area contributed by atoms with E-state index < -0.39 is 0 Å². The van der Waals surface area contributed by atoms with Crippen molar-refractivity contribution in [2.24, 2.45) is 5.92 Å². The molecule has 0 radical (unpaired) electrons. The Balaban J connectivity index is 0.00000161. The van der Waals surface area contributed by atoms with Gasteiger partial charge in [-0.2, -0.15) is 0 Å². The molecule has 2 heterocycles. The van der Waals surface area contributed by atoms with Gasteiger partial charge in [0.1, 0.15) is 0 Å². The van der Waals surface area contributed by atoms with Gasteiger partial charge in [0.25, 0.3) is 5.91 Å². The molecule has 3 rings (SSSR count). The molecule has 5 heteroatoms. The van der Waals surface area contributed by atoms with Crippen molar-refractivity contribution >= 4 is 39.7 Å². The van der Waals surface area contributed by atoms with Crippen LogP contribution in [0.1, 0.15) is 29.6 Å². The van der Waals surface area contributed by atoms with E-state index in [9.17, 15) is 4.79 Å². The molecule has 1 aromatic heterocycles.